The molecule has 3 aromatic carbocycles. The molecule has 3 aromatic rings. The zero-order valence-corrected chi connectivity index (χ0v) is 22.9. The van der Waals surface area contributed by atoms with Crippen molar-refractivity contribution in [3.8, 4) is 11.1 Å². The van der Waals surface area contributed by atoms with Gasteiger partial charge in [0.25, 0.3) is 6.02 Å². The van der Waals surface area contributed by atoms with Crippen LogP contribution in [0.1, 0.15) is 51.3 Å². The van der Waals surface area contributed by atoms with E-state index in [-0.39, 0.29) is 17.8 Å². The first kappa shape index (κ1) is 32.2. The third-order valence-electron chi connectivity index (χ3n) is 6.77. The molecule has 0 fully saturated rings. The zero-order chi connectivity index (χ0) is 28.8. The molecule has 0 radical (unpaired) electrons. The molecule has 0 saturated heterocycles. The summed E-state index contributed by atoms with van der Waals surface area (Å²) < 4.78 is 20.8. The molecule has 0 aliphatic carbocycles. The molecule has 0 saturated carbocycles. The Morgan fingerprint density at radius 2 is 1.42 bits per heavy atom. The fourth-order valence-electron chi connectivity index (χ4n) is 3.91. The van der Waals surface area contributed by atoms with Gasteiger partial charge in [0.05, 0.1) is 6.04 Å². The molecule has 0 aliphatic heterocycles. The fraction of sp³-hybridized carbons (Fsp3) is 0.323. The van der Waals surface area contributed by atoms with E-state index in [1.165, 1.54) is 11.6 Å². The second-order valence-electron chi connectivity index (χ2n) is 9.44. The Morgan fingerprint density at radius 1 is 0.895 bits per heavy atom. The molecule has 0 aromatic heterocycles. The van der Waals surface area contributed by atoms with E-state index in [1.807, 2.05) is 45.6 Å². The van der Waals surface area contributed by atoms with Crippen molar-refractivity contribution < 1.29 is 23.8 Å². The van der Waals surface area contributed by atoms with Crippen molar-refractivity contribution in [2.24, 2.45) is 4.99 Å². The minimum Gasteiger partial charge on any atom is -0.458 e. The summed E-state index contributed by atoms with van der Waals surface area (Å²) in [4.78, 5) is 20.3. The normalized spacial score (nSPS) is 12.2. The van der Waals surface area contributed by atoms with Crippen molar-refractivity contribution in [3.63, 3.8) is 0 Å². The summed E-state index contributed by atoms with van der Waals surface area (Å²) in [6, 6.07) is 25.2. The number of rotatable bonds is 8. The molecule has 0 unspecified atom stereocenters. The number of aliphatic hydroxyl groups excluding tert-OH is 1. The van der Waals surface area contributed by atoms with Gasteiger partial charge in [-0.15, -0.1) is 0 Å². The molecule has 204 valence electrons. The highest BCUT2D eigenvalue weighted by Gasteiger charge is 2.41. The van der Waals surface area contributed by atoms with E-state index < -0.39 is 11.6 Å². The van der Waals surface area contributed by atoms with Crippen LogP contribution in [0.2, 0.25) is 0 Å². The Bertz CT molecular complexity index is 1130. The number of nitrogens with zero attached hydrogens (tertiary/aromatic N) is 1. The predicted octanol–water partition coefficient (Wildman–Crippen LogP) is 5.89. The van der Waals surface area contributed by atoms with Crippen LogP contribution in [-0.2, 0) is 19.7 Å². The fourth-order valence-corrected chi connectivity index (χ4v) is 3.91. The van der Waals surface area contributed by atoms with Gasteiger partial charge in [0.15, 0.2) is 0 Å². The second kappa shape index (κ2) is 15.4. The van der Waals surface area contributed by atoms with Crippen LogP contribution >= 0.6 is 0 Å². The van der Waals surface area contributed by atoms with Crippen LogP contribution in [0.3, 0.4) is 0 Å². The lowest BCUT2D eigenvalue weighted by molar-refractivity contribution is -0.0987. The van der Waals surface area contributed by atoms with Crippen LogP contribution < -0.4 is 5.32 Å². The summed E-state index contributed by atoms with van der Waals surface area (Å²) >= 11 is 0. The van der Waals surface area contributed by atoms with Gasteiger partial charge in [-0.25, -0.2) is 9.38 Å². The van der Waals surface area contributed by atoms with Crippen molar-refractivity contribution in [2.45, 2.75) is 51.2 Å². The van der Waals surface area contributed by atoms with Crippen LogP contribution in [0.15, 0.2) is 83.9 Å². The molecule has 1 atom stereocenters. The molecule has 0 amide bonds. The minimum atomic E-state index is -0.651. The lowest BCUT2D eigenvalue weighted by atomic mass is 9.71. The number of aliphatic imine (C=N–C) groups is 1. The van der Waals surface area contributed by atoms with Gasteiger partial charge in [-0.3, -0.25) is 0 Å². The van der Waals surface area contributed by atoms with Gasteiger partial charge in [-0.1, -0.05) is 86.6 Å². The zero-order valence-electron chi connectivity index (χ0n) is 22.9. The first-order valence-electron chi connectivity index (χ1n) is 12.2. The predicted molar refractivity (Wildman–Crippen MR) is 152 cm³/mol. The van der Waals surface area contributed by atoms with E-state index in [2.05, 4.69) is 60.6 Å². The monoisotopic (exact) mass is 522 g/mol. The van der Waals surface area contributed by atoms with E-state index in [1.54, 1.807) is 25.2 Å². The molecule has 0 aliphatic rings. The van der Waals surface area contributed by atoms with Gasteiger partial charge in [0.2, 0.25) is 0 Å². The molecule has 38 heavy (non-hydrogen) atoms. The minimum absolute atomic E-state index is 0.0916. The van der Waals surface area contributed by atoms with Gasteiger partial charge in [-0.2, -0.15) is 0 Å². The van der Waals surface area contributed by atoms with E-state index in [0.717, 1.165) is 11.1 Å². The third-order valence-corrected chi connectivity index (χ3v) is 6.77. The SMILES string of the molecule is C=O.C=O.CN=C(N[C@@H](CCO)c1ccccc1F)OC(C)(C)C(C)(C)c1ccc(-c2ccccc2)cc1. The van der Waals surface area contributed by atoms with Crippen molar-refractivity contribution in [1.82, 2.24) is 5.32 Å². The number of nitrogens with one attached hydrogen (secondary N) is 1. The lowest BCUT2D eigenvalue weighted by Gasteiger charge is -2.42. The summed E-state index contributed by atoms with van der Waals surface area (Å²) in [5.41, 5.74) is 2.92. The number of amidine groups is 1. The van der Waals surface area contributed by atoms with E-state index in [0.29, 0.717) is 18.0 Å². The Hall–Kier alpha value is -3.84. The first-order chi connectivity index (χ1) is 18.2. The molecule has 3 rings (SSSR count). The van der Waals surface area contributed by atoms with Gasteiger partial charge in [0.1, 0.15) is 25.0 Å². The van der Waals surface area contributed by atoms with E-state index >= 15 is 0 Å². The smallest absolute Gasteiger partial charge is 0.285 e. The van der Waals surface area contributed by atoms with Crippen molar-refractivity contribution in [1.29, 1.82) is 0 Å². The van der Waals surface area contributed by atoms with Gasteiger partial charge < -0.3 is 24.7 Å². The summed E-state index contributed by atoms with van der Waals surface area (Å²) in [7, 11) is 1.64. The average molecular weight is 523 g/mol. The number of hydrogen-bond acceptors (Lipinski definition) is 5. The first-order valence-corrected chi connectivity index (χ1v) is 12.2. The Labute approximate surface area is 225 Å². The average Bonchev–Trinajstić information content (AvgIpc) is 2.95. The highest BCUT2D eigenvalue weighted by molar-refractivity contribution is 5.74. The summed E-state index contributed by atoms with van der Waals surface area (Å²) in [5.74, 6) is -0.331. The molecule has 0 heterocycles. The number of carbonyl (C=O) groups is 2. The molecular formula is C31H39FN2O4. The molecule has 0 spiro atoms. The maximum atomic E-state index is 14.4. The van der Waals surface area contributed by atoms with Gasteiger partial charge in [0, 0.05) is 24.6 Å². The number of halogens is 1. The standard InChI is InChI=1S/C29H35FN2O2.2CH2O/c1-28(2,23-17-15-22(16-18-23)21-11-7-6-8-12-21)29(3,4)34-27(31-5)32-26(19-20-33)24-13-9-10-14-25(24)30;2*1-2/h6-18,26,33H,19-20H2,1-5H3,(H,31,32);2*1H2/t26-;;/m0../s1. The van der Waals surface area contributed by atoms with Crippen LogP contribution in [-0.4, -0.2) is 44.0 Å². The van der Waals surface area contributed by atoms with Crippen molar-refractivity contribution >= 4 is 19.6 Å². The van der Waals surface area contributed by atoms with Gasteiger partial charge >= 0.3 is 0 Å². The maximum Gasteiger partial charge on any atom is 0.285 e. The second-order valence-corrected chi connectivity index (χ2v) is 9.44. The van der Waals surface area contributed by atoms with Crippen LogP contribution in [0.5, 0.6) is 0 Å². The summed E-state index contributed by atoms with van der Waals surface area (Å²) in [5, 5.41) is 12.7. The topological polar surface area (TPSA) is 88.0 Å². The number of benzene rings is 3. The molecule has 2 N–H and O–H groups in total. The summed E-state index contributed by atoms with van der Waals surface area (Å²) in [6.45, 7) is 12.2. The Balaban J connectivity index is 0.00000172. The quantitative estimate of drug-likeness (QED) is 0.284. The van der Waals surface area contributed by atoms with Crippen LogP contribution in [0.25, 0.3) is 11.1 Å². The van der Waals surface area contributed by atoms with E-state index in [9.17, 15) is 9.50 Å². The highest BCUT2D eigenvalue weighted by atomic mass is 19.1. The largest absolute Gasteiger partial charge is 0.458 e. The van der Waals surface area contributed by atoms with Crippen molar-refractivity contribution in [3.05, 3.63) is 95.8 Å². The van der Waals surface area contributed by atoms with Crippen LogP contribution in [0, 0.1) is 5.82 Å². The molecule has 0 bridgehead atoms. The lowest BCUT2D eigenvalue weighted by Crippen LogP contribution is -2.49. The molecular weight excluding hydrogens is 483 g/mol. The third kappa shape index (κ3) is 8.08. The van der Waals surface area contributed by atoms with Crippen molar-refractivity contribution in [2.75, 3.05) is 13.7 Å². The number of carbonyl (C=O) groups excluding carboxylic acids is 2. The van der Waals surface area contributed by atoms with E-state index in [4.69, 9.17) is 14.3 Å². The molecule has 6 nitrogen and oxygen atoms in total. The number of aliphatic hydroxyl groups is 1. The maximum absolute atomic E-state index is 14.4. The van der Waals surface area contributed by atoms with Gasteiger partial charge in [-0.05, 0) is 43.0 Å². The Kier molecular flexibility index (Phi) is 13.1. The number of hydrogen-bond donors (Lipinski definition) is 2. The number of ether oxygens (including phenoxy) is 1. The Morgan fingerprint density at radius 3 is 1.95 bits per heavy atom. The van der Waals surface area contributed by atoms with Crippen LogP contribution in [0.4, 0.5) is 4.39 Å². The summed E-state index contributed by atoms with van der Waals surface area (Å²) in [6.07, 6.45) is 0.327. The highest BCUT2D eigenvalue weighted by Crippen LogP contribution is 2.38. The molecule has 7 heteroatoms.